The van der Waals surface area contributed by atoms with E-state index in [9.17, 15) is 10.4 Å². The molecule has 1 rings (SSSR count). The van der Waals surface area contributed by atoms with Gasteiger partial charge < -0.3 is 20.5 Å². The van der Waals surface area contributed by atoms with Crippen LogP contribution in [0, 0.1) is 10.4 Å². The highest BCUT2D eigenvalue weighted by atomic mass is 16.9. The van der Waals surface area contributed by atoms with Gasteiger partial charge in [-0.05, 0) is 12.1 Å². The van der Waals surface area contributed by atoms with Gasteiger partial charge in [0.15, 0.2) is 5.75 Å². The van der Waals surface area contributed by atoms with Crippen molar-refractivity contribution in [3.05, 3.63) is 34.7 Å². The molecule has 0 atom stereocenters. The highest BCUT2D eigenvalue weighted by Crippen LogP contribution is 2.27. The smallest absolute Gasteiger partial charge is 0.172 e. The maximum Gasteiger partial charge on any atom is 0.172 e. The maximum absolute atomic E-state index is 11.2. The van der Waals surface area contributed by atoms with Crippen molar-refractivity contribution >= 4 is 5.69 Å². The fourth-order valence-corrected chi connectivity index (χ4v) is 0.919. The van der Waals surface area contributed by atoms with Gasteiger partial charge in [-0.1, -0.05) is 12.1 Å². The molecule has 0 aliphatic rings. The monoisotopic (exact) mass is 213 g/mol. The Kier molecular flexibility index (Phi) is 4.28. The van der Waals surface area contributed by atoms with Crippen LogP contribution in [-0.2, 0) is 4.84 Å². The van der Waals surface area contributed by atoms with Crippen molar-refractivity contribution in [3.8, 4) is 5.75 Å². The summed E-state index contributed by atoms with van der Waals surface area (Å²) in [7, 11) is 2.61. The average Bonchev–Trinajstić information content (AvgIpc) is 2.28. The van der Waals surface area contributed by atoms with Gasteiger partial charge in [0.25, 0.3) is 0 Å². The van der Waals surface area contributed by atoms with Crippen molar-refractivity contribution < 1.29 is 9.68 Å². The van der Waals surface area contributed by atoms with E-state index in [1.807, 2.05) is 0 Å². The largest absolute Gasteiger partial charge is 0.738 e. The van der Waals surface area contributed by atoms with E-state index in [1.165, 1.54) is 26.3 Å². The van der Waals surface area contributed by atoms with Gasteiger partial charge in [-0.25, -0.2) is 5.43 Å². The number of nitrogens with one attached hydrogen (secondary N) is 1. The van der Waals surface area contributed by atoms with Gasteiger partial charge in [0.1, 0.15) is 0 Å². The Labute approximate surface area is 86.8 Å². The van der Waals surface area contributed by atoms with E-state index >= 15 is 0 Å². The van der Waals surface area contributed by atoms with Crippen molar-refractivity contribution in [3.63, 3.8) is 0 Å². The first-order valence-electron chi connectivity index (χ1n) is 4.12. The zero-order valence-electron chi connectivity index (χ0n) is 8.34. The summed E-state index contributed by atoms with van der Waals surface area (Å²) in [5.74, 6) is 0.0960. The van der Waals surface area contributed by atoms with Crippen LogP contribution in [-0.4, -0.2) is 19.5 Å². The number of hydrogen-bond acceptors (Lipinski definition) is 7. The topological polar surface area (TPSA) is 83.1 Å². The van der Waals surface area contributed by atoms with Crippen LogP contribution in [0.15, 0.2) is 24.3 Å². The molecule has 0 aliphatic carbocycles. The molecule has 15 heavy (non-hydrogen) atoms. The van der Waals surface area contributed by atoms with Crippen molar-refractivity contribution in [1.82, 2.24) is 10.8 Å². The van der Waals surface area contributed by atoms with E-state index in [0.717, 1.165) is 0 Å². The molecule has 7 nitrogen and oxygen atoms in total. The first-order chi connectivity index (χ1) is 7.19. The fourth-order valence-electron chi connectivity index (χ4n) is 0.919. The third-order valence-corrected chi connectivity index (χ3v) is 1.59. The van der Waals surface area contributed by atoms with Crippen LogP contribution in [0.1, 0.15) is 0 Å². The molecule has 0 bridgehead atoms. The zero-order chi connectivity index (χ0) is 11.3. The summed E-state index contributed by atoms with van der Waals surface area (Å²) in [6, 6.07) is 6.20. The Morgan fingerprint density at radius 2 is 1.93 bits per heavy atom. The van der Waals surface area contributed by atoms with Gasteiger partial charge >= 0.3 is 0 Å². The van der Waals surface area contributed by atoms with Crippen LogP contribution in [0.5, 0.6) is 5.75 Å². The Morgan fingerprint density at radius 3 is 2.53 bits per heavy atom. The molecule has 1 aromatic carbocycles. The second-order valence-electron chi connectivity index (χ2n) is 2.48. The van der Waals surface area contributed by atoms with Crippen molar-refractivity contribution in [2.45, 2.75) is 0 Å². The first-order valence-corrected chi connectivity index (χ1v) is 4.12. The van der Waals surface area contributed by atoms with Crippen LogP contribution in [0.3, 0.4) is 0 Å². The number of nitrogens with zero attached hydrogens (tertiary/aromatic N) is 2. The third-order valence-electron chi connectivity index (χ3n) is 1.59. The molecule has 0 saturated heterocycles. The minimum atomic E-state index is 0.0960. The normalized spacial score (nSPS) is 10.5. The average molecular weight is 213 g/mol. The van der Waals surface area contributed by atoms with Crippen LogP contribution in [0.4, 0.5) is 5.69 Å². The molecule has 0 amide bonds. The number of hydrogen-bond donors (Lipinski definition) is 1. The van der Waals surface area contributed by atoms with E-state index in [-0.39, 0.29) is 22.0 Å². The van der Waals surface area contributed by atoms with E-state index in [1.54, 1.807) is 12.1 Å². The van der Waals surface area contributed by atoms with Crippen LogP contribution >= 0.6 is 0 Å². The van der Waals surface area contributed by atoms with Crippen molar-refractivity contribution in [1.29, 1.82) is 0 Å². The summed E-state index contributed by atoms with van der Waals surface area (Å²) in [6.45, 7) is 0. The summed E-state index contributed by atoms with van der Waals surface area (Å²) in [6.07, 6.45) is 0. The molecule has 0 aliphatic heterocycles. The summed E-state index contributed by atoms with van der Waals surface area (Å²) in [5, 5.41) is 22.4. The Balaban J connectivity index is 2.86. The van der Waals surface area contributed by atoms with E-state index in [0.29, 0.717) is 0 Å². The van der Waals surface area contributed by atoms with Crippen LogP contribution in [0.25, 0.3) is 0 Å². The van der Waals surface area contributed by atoms with Crippen molar-refractivity contribution in [2.75, 3.05) is 19.4 Å². The predicted molar refractivity (Wildman–Crippen MR) is 54.2 cm³/mol. The molecule has 0 unspecified atom stereocenters. The molecular weight excluding hydrogens is 202 g/mol. The summed E-state index contributed by atoms with van der Waals surface area (Å²) >= 11 is 0. The van der Waals surface area contributed by atoms with Gasteiger partial charge in [-0.2, -0.15) is 0 Å². The highest BCUT2D eigenvalue weighted by molar-refractivity contribution is 5.56. The summed E-state index contributed by atoms with van der Waals surface area (Å²) < 4.78 is 0. The maximum atomic E-state index is 11.2. The molecular formula is C8H11N3O4-2. The SMILES string of the molecule is CNN([O-])Oc1ccccc1N([O-])OC. The van der Waals surface area contributed by atoms with Crippen LogP contribution < -0.4 is 15.5 Å². The van der Waals surface area contributed by atoms with Gasteiger partial charge in [0.2, 0.25) is 0 Å². The molecule has 0 saturated carbocycles. The lowest BCUT2D eigenvalue weighted by Gasteiger charge is -2.31. The number of anilines is 1. The predicted octanol–water partition coefficient (Wildman–Crippen LogP) is 0.780. The molecule has 0 spiro atoms. The second-order valence-corrected chi connectivity index (χ2v) is 2.48. The molecule has 1 N–H and O–H groups in total. The van der Waals surface area contributed by atoms with Gasteiger partial charge in [-0.3, -0.25) is 4.84 Å². The molecule has 0 radical (unpaired) electrons. The number of benzene rings is 1. The Hall–Kier alpha value is -1.38. The molecule has 0 heterocycles. The molecule has 7 heteroatoms. The number of rotatable bonds is 5. The van der Waals surface area contributed by atoms with Crippen LogP contribution in [0.2, 0.25) is 0 Å². The molecule has 0 fully saturated rings. The summed E-state index contributed by atoms with van der Waals surface area (Å²) in [5.41, 5.74) is 2.30. The van der Waals surface area contributed by atoms with E-state index in [2.05, 4.69) is 10.3 Å². The lowest BCUT2D eigenvalue weighted by atomic mass is 10.3. The number of hydrazine groups is 1. The first kappa shape index (κ1) is 11.7. The minimum Gasteiger partial charge on any atom is -0.738 e. The number of para-hydroxylation sites is 2. The molecule has 0 aromatic heterocycles. The van der Waals surface area contributed by atoms with E-state index in [4.69, 9.17) is 4.84 Å². The quantitative estimate of drug-likeness (QED) is 0.723. The Bertz CT molecular complexity index is 310. The summed E-state index contributed by atoms with van der Waals surface area (Å²) in [4.78, 5) is 9.21. The lowest BCUT2D eigenvalue weighted by molar-refractivity contribution is -0.0484. The van der Waals surface area contributed by atoms with Gasteiger partial charge in [-0.15, -0.1) is 5.34 Å². The van der Waals surface area contributed by atoms with Gasteiger partial charge in [0, 0.05) is 7.05 Å². The molecule has 84 valence electrons. The Morgan fingerprint density at radius 1 is 1.27 bits per heavy atom. The van der Waals surface area contributed by atoms with Crippen molar-refractivity contribution in [2.24, 2.45) is 0 Å². The molecule has 1 aromatic rings. The standard InChI is InChI=1S/C8H11N3O4/c1-9-11(13)15-8-6-4-3-5-7(8)10(12)14-2/h3-6,9H,1-2H3/q-2. The lowest BCUT2D eigenvalue weighted by Crippen LogP contribution is -2.32. The minimum absolute atomic E-state index is 0.0960. The zero-order valence-corrected chi connectivity index (χ0v) is 8.34. The van der Waals surface area contributed by atoms with Gasteiger partial charge in [0.05, 0.1) is 12.8 Å². The fraction of sp³-hybridized carbons (Fsp3) is 0.250. The van der Waals surface area contributed by atoms with E-state index < -0.39 is 0 Å². The highest BCUT2D eigenvalue weighted by Gasteiger charge is 2.04. The second kappa shape index (κ2) is 5.49. The third kappa shape index (κ3) is 3.05.